The number of hydrogen-bond acceptors (Lipinski definition) is 1. The van der Waals surface area contributed by atoms with Crippen LogP contribution in [0.4, 0.5) is 0 Å². The average molecular weight is 331 g/mol. The van der Waals surface area contributed by atoms with E-state index in [9.17, 15) is 4.79 Å². The summed E-state index contributed by atoms with van der Waals surface area (Å²) in [6.07, 6.45) is 3.77. The number of halogens is 2. The zero-order valence-corrected chi connectivity index (χ0v) is 12.7. The maximum atomic E-state index is 12.1. The SMILES string of the molecule is CC1CCCC1CNC(=O)c1cccc(Br)c1Cl. The average Bonchev–Trinajstić information content (AvgIpc) is 2.75. The molecule has 1 aromatic carbocycles. The Hall–Kier alpha value is -0.540. The predicted molar refractivity (Wildman–Crippen MR) is 78.0 cm³/mol. The summed E-state index contributed by atoms with van der Waals surface area (Å²) >= 11 is 9.43. The number of rotatable bonds is 3. The van der Waals surface area contributed by atoms with Gasteiger partial charge in [-0.2, -0.15) is 0 Å². The van der Waals surface area contributed by atoms with Crippen molar-refractivity contribution in [2.75, 3.05) is 6.54 Å². The molecule has 2 unspecified atom stereocenters. The van der Waals surface area contributed by atoms with Crippen LogP contribution in [0.3, 0.4) is 0 Å². The molecule has 0 aromatic heterocycles. The minimum Gasteiger partial charge on any atom is -0.352 e. The van der Waals surface area contributed by atoms with Gasteiger partial charge in [0.05, 0.1) is 10.6 Å². The van der Waals surface area contributed by atoms with Gasteiger partial charge in [0.15, 0.2) is 0 Å². The molecule has 0 heterocycles. The van der Waals surface area contributed by atoms with Gasteiger partial charge in [0, 0.05) is 11.0 Å². The van der Waals surface area contributed by atoms with Crippen LogP contribution in [0.25, 0.3) is 0 Å². The molecule has 2 nitrogen and oxygen atoms in total. The van der Waals surface area contributed by atoms with Crippen molar-refractivity contribution < 1.29 is 4.79 Å². The van der Waals surface area contributed by atoms with Crippen molar-refractivity contribution >= 4 is 33.4 Å². The van der Waals surface area contributed by atoms with E-state index in [0.717, 1.165) is 11.0 Å². The first-order chi connectivity index (χ1) is 8.59. The number of carbonyl (C=O) groups is 1. The molecule has 4 heteroatoms. The lowest BCUT2D eigenvalue weighted by molar-refractivity contribution is 0.0944. The molecule has 1 amide bonds. The molecule has 0 spiro atoms. The Kier molecular flexibility index (Phi) is 4.68. The highest BCUT2D eigenvalue weighted by Crippen LogP contribution is 2.31. The van der Waals surface area contributed by atoms with Crippen LogP contribution in [0.1, 0.15) is 36.5 Å². The summed E-state index contributed by atoms with van der Waals surface area (Å²) in [7, 11) is 0. The van der Waals surface area contributed by atoms with Gasteiger partial charge in [-0.3, -0.25) is 4.79 Å². The van der Waals surface area contributed by atoms with Gasteiger partial charge < -0.3 is 5.32 Å². The van der Waals surface area contributed by atoms with Crippen LogP contribution in [0.15, 0.2) is 22.7 Å². The van der Waals surface area contributed by atoms with Crippen LogP contribution in [-0.2, 0) is 0 Å². The van der Waals surface area contributed by atoms with Crippen molar-refractivity contribution in [3.05, 3.63) is 33.3 Å². The molecule has 0 bridgehead atoms. The number of hydrogen-bond donors (Lipinski definition) is 1. The lowest BCUT2D eigenvalue weighted by Gasteiger charge is -2.16. The Morgan fingerprint density at radius 3 is 2.94 bits per heavy atom. The van der Waals surface area contributed by atoms with Crippen molar-refractivity contribution in [1.29, 1.82) is 0 Å². The second-order valence-electron chi connectivity index (χ2n) is 4.98. The van der Waals surface area contributed by atoms with E-state index < -0.39 is 0 Å². The van der Waals surface area contributed by atoms with E-state index in [-0.39, 0.29) is 5.91 Å². The van der Waals surface area contributed by atoms with E-state index in [1.807, 2.05) is 12.1 Å². The van der Waals surface area contributed by atoms with E-state index >= 15 is 0 Å². The lowest BCUT2D eigenvalue weighted by atomic mass is 9.98. The quantitative estimate of drug-likeness (QED) is 0.881. The predicted octanol–water partition coefficient (Wildman–Crippen LogP) is 4.27. The fourth-order valence-electron chi connectivity index (χ4n) is 2.52. The molecular weight excluding hydrogens is 314 g/mol. The Morgan fingerprint density at radius 2 is 2.28 bits per heavy atom. The fraction of sp³-hybridized carbons (Fsp3) is 0.500. The number of benzene rings is 1. The third kappa shape index (κ3) is 3.07. The lowest BCUT2D eigenvalue weighted by Crippen LogP contribution is -2.30. The first-order valence-corrected chi connectivity index (χ1v) is 7.49. The molecule has 1 saturated carbocycles. The van der Waals surface area contributed by atoms with Crippen molar-refractivity contribution in [2.24, 2.45) is 11.8 Å². The van der Waals surface area contributed by atoms with Gasteiger partial charge in [0.2, 0.25) is 0 Å². The molecule has 0 aliphatic heterocycles. The van der Waals surface area contributed by atoms with Crippen molar-refractivity contribution in [1.82, 2.24) is 5.32 Å². The molecule has 2 atom stereocenters. The zero-order valence-electron chi connectivity index (χ0n) is 10.4. The summed E-state index contributed by atoms with van der Waals surface area (Å²) in [4.78, 5) is 12.1. The smallest absolute Gasteiger partial charge is 0.252 e. The van der Waals surface area contributed by atoms with Crippen LogP contribution in [0.2, 0.25) is 5.02 Å². The molecule has 0 radical (unpaired) electrons. The van der Waals surface area contributed by atoms with Crippen LogP contribution >= 0.6 is 27.5 Å². The summed E-state index contributed by atoms with van der Waals surface area (Å²) in [5.74, 6) is 1.24. The number of amides is 1. The zero-order chi connectivity index (χ0) is 13.1. The van der Waals surface area contributed by atoms with Crippen LogP contribution < -0.4 is 5.32 Å². The van der Waals surface area contributed by atoms with Crippen LogP contribution in [-0.4, -0.2) is 12.5 Å². The van der Waals surface area contributed by atoms with Crippen molar-refractivity contribution in [3.63, 3.8) is 0 Å². The first-order valence-electron chi connectivity index (χ1n) is 6.32. The van der Waals surface area contributed by atoms with Gasteiger partial charge in [-0.05, 0) is 46.3 Å². The Bertz CT molecular complexity index is 449. The fourth-order valence-corrected chi connectivity index (χ4v) is 3.10. The summed E-state index contributed by atoms with van der Waals surface area (Å²) in [6.45, 7) is 3.01. The standard InChI is InChI=1S/C14H17BrClNO/c1-9-4-2-5-10(9)8-17-14(18)11-6-3-7-12(15)13(11)16/h3,6-7,9-10H,2,4-5,8H2,1H3,(H,17,18). The highest BCUT2D eigenvalue weighted by Gasteiger charge is 2.24. The largest absolute Gasteiger partial charge is 0.352 e. The van der Waals surface area contributed by atoms with Crippen LogP contribution in [0.5, 0.6) is 0 Å². The third-order valence-electron chi connectivity index (χ3n) is 3.76. The molecule has 1 aliphatic carbocycles. The van der Waals surface area contributed by atoms with Gasteiger partial charge in [0.25, 0.3) is 5.91 Å². The first kappa shape index (κ1) is 13.9. The van der Waals surface area contributed by atoms with Gasteiger partial charge in [-0.25, -0.2) is 0 Å². The molecular formula is C14H17BrClNO. The summed E-state index contributed by atoms with van der Waals surface area (Å²) in [5, 5.41) is 3.48. The summed E-state index contributed by atoms with van der Waals surface area (Å²) < 4.78 is 0.756. The second-order valence-corrected chi connectivity index (χ2v) is 6.21. The highest BCUT2D eigenvalue weighted by molar-refractivity contribution is 9.10. The Morgan fingerprint density at radius 1 is 1.50 bits per heavy atom. The molecule has 1 aromatic rings. The molecule has 18 heavy (non-hydrogen) atoms. The van der Waals surface area contributed by atoms with Crippen LogP contribution in [0, 0.1) is 11.8 Å². The molecule has 1 fully saturated rings. The third-order valence-corrected chi connectivity index (χ3v) is 5.06. The topological polar surface area (TPSA) is 29.1 Å². The van der Waals surface area contributed by atoms with E-state index in [1.54, 1.807) is 6.07 Å². The Balaban J connectivity index is 1.97. The second kappa shape index (κ2) is 6.07. The number of nitrogens with one attached hydrogen (secondary N) is 1. The maximum Gasteiger partial charge on any atom is 0.252 e. The van der Waals surface area contributed by atoms with E-state index in [2.05, 4.69) is 28.2 Å². The minimum atomic E-state index is -0.0830. The van der Waals surface area contributed by atoms with Gasteiger partial charge in [0.1, 0.15) is 0 Å². The summed E-state index contributed by atoms with van der Waals surface area (Å²) in [5.41, 5.74) is 0.539. The normalized spacial score (nSPS) is 23.1. The van der Waals surface area contributed by atoms with Gasteiger partial charge in [-0.15, -0.1) is 0 Å². The van der Waals surface area contributed by atoms with Crippen molar-refractivity contribution in [3.8, 4) is 0 Å². The van der Waals surface area contributed by atoms with Crippen molar-refractivity contribution in [2.45, 2.75) is 26.2 Å². The van der Waals surface area contributed by atoms with E-state index in [1.165, 1.54) is 19.3 Å². The Labute approximate surface area is 121 Å². The molecule has 0 saturated heterocycles. The van der Waals surface area contributed by atoms with Gasteiger partial charge in [-0.1, -0.05) is 37.4 Å². The highest BCUT2D eigenvalue weighted by atomic mass is 79.9. The van der Waals surface area contributed by atoms with E-state index in [0.29, 0.717) is 22.4 Å². The number of carbonyl (C=O) groups excluding carboxylic acids is 1. The minimum absolute atomic E-state index is 0.0830. The molecule has 1 N–H and O–H groups in total. The molecule has 2 rings (SSSR count). The van der Waals surface area contributed by atoms with E-state index in [4.69, 9.17) is 11.6 Å². The molecule has 1 aliphatic rings. The molecule has 98 valence electrons. The monoisotopic (exact) mass is 329 g/mol. The van der Waals surface area contributed by atoms with Gasteiger partial charge >= 0.3 is 0 Å². The summed E-state index contributed by atoms with van der Waals surface area (Å²) in [6, 6.07) is 5.40. The maximum absolute atomic E-state index is 12.1.